The molecule has 0 bridgehead atoms. The van der Waals surface area contributed by atoms with Crippen molar-refractivity contribution < 1.29 is 5.11 Å². The molecular formula is C12H16N2O. The van der Waals surface area contributed by atoms with E-state index < -0.39 is 0 Å². The van der Waals surface area contributed by atoms with E-state index in [-0.39, 0.29) is 12.6 Å². The molecule has 0 aliphatic carbocycles. The monoisotopic (exact) mass is 204 g/mol. The number of nitrogens with zero attached hydrogens (tertiary/aromatic N) is 1. The summed E-state index contributed by atoms with van der Waals surface area (Å²) < 4.78 is 0. The van der Waals surface area contributed by atoms with Gasteiger partial charge >= 0.3 is 0 Å². The van der Waals surface area contributed by atoms with Gasteiger partial charge in [-0.15, -0.1) is 0 Å². The normalized spacial score (nSPS) is 12.1. The molecule has 0 aliphatic rings. The highest BCUT2D eigenvalue weighted by atomic mass is 16.3. The number of aliphatic hydroxyl groups excluding tert-OH is 1. The highest BCUT2D eigenvalue weighted by Gasteiger charge is 2.03. The fourth-order valence-electron chi connectivity index (χ4n) is 1.35. The van der Waals surface area contributed by atoms with Gasteiger partial charge in [0.15, 0.2) is 0 Å². The van der Waals surface area contributed by atoms with Gasteiger partial charge in [0.1, 0.15) is 0 Å². The van der Waals surface area contributed by atoms with Gasteiger partial charge in [0.05, 0.1) is 18.2 Å². The van der Waals surface area contributed by atoms with Crippen molar-refractivity contribution in [2.24, 2.45) is 0 Å². The molecule has 3 nitrogen and oxygen atoms in total. The van der Waals surface area contributed by atoms with Crippen LogP contribution in [0.3, 0.4) is 0 Å². The van der Waals surface area contributed by atoms with Gasteiger partial charge in [-0.2, -0.15) is 5.26 Å². The van der Waals surface area contributed by atoms with Gasteiger partial charge in [-0.1, -0.05) is 19.1 Å². The first kappa shape index (κ1) is 11.7. The number of nitrogens with one attached hydrogen (secondary N) is 1. The van der Waals surface area contributed by atoms with Gasteiger partial charge < -0.3 is 10.4 Å². The van der Waals surface area contributed by atoms with Crippen LogP contribution in [-0.4, -0.2) is 17.8 Å². The van der Waals surface area contributed by atoms with Gasteiger partial charge in [0.2, 0.25) is 0 Å². The Bertz CT molecular complexity index is 340. The lowest BCUT2D eigenvalue weighted by molar-refractivity contribution is 0.238. The van der Waals surface area contributed by atoms with Crippen LogP contribution in [-0.2, 0) is 6.54 Å². The van der Waals surface area contributed by atoms with Gasteiger partial charge in [0.25, 0.3) is 0 Å². The molecule has 1 aromatic carbocycles. The first-order valence-electron chi connectivity index (χ1n) is 5.13. The Labute approximate surface area is 90.4 Å². The fourth-order valence-corrected chi connectivity index (χ4v) is 1.35. The first-order valence-corrected chi connectivity index (χ1v) is 5.13. The summed E-state index contributed by atoms with van der Waals surface area (Å²) >= 11 is 0. The molecule has 0 radical (unpaired) electrons. The molecule has 1 rings (SSSR count). The van der Waals surface area contributed by atoms with E-state index in [1.165, 1.54) is 0 Å². The Kier molecular flexibility index (Phi) is 4.82. The lowest BCUT2D eigenvalue weighted by Gasteiger charge is -2.13. The molecule has 0 aliphatic heterocycles. The maximum atomic E-state index is 8.99. The summed E-state index contributed by atoms with van der Waals surface area (Å²) in [5.74, 6) is 0. The molecule has 0 spiro atoms. The van der Waals surface area contributed by atoms with Crippen LogP contribution < -0.4 is 5.32 Å². The SMILES string of the molecule is CCC(CO)NCc1cccc(C#N)c1. The summed E-state index contributed by atoms with van der Waals surface area (Å²) in [4.78, 5) is 0. The van der Waals surface area contributed by atoms with Crippen LogP contribution in [0.25, 0.3) is 0 Å². The van der Waals surface area contributed by atoms with E-state index >= 15 is 0 Å². The minimum absolute atomic E-state index is 0.135. The van der Waals surface area contributed by atoms with E-state index in [1.807, 2.05) is 25.1 Å². The van der Waals surface area contributed by atoms with Crippen LogP contribution in [0.15, 0.2) is 24.3 Å². The lowest BCUT2D eigenvalue weighted by Crippen LogP contribution is -2.31. The van der Waals surface area contributed by atoms with Gasteiger partial charge in [-0.05, 0) is 24.1 Å². The Morgan fingerprint density at radius 2 is 2.33 bits per heavy atom. The zero-order valence-electron chi connectivity index (χ0n) is 8.90. The Morgan fingerprint density at radius 3 is 2.93 bits per heavy atom. The Balaban J connectivity index is 2.54. The molecule has 0 heterocycles. The highest BCUT2D eigenvalue weighted by molar-refractivity contribution is 5.32. The van der Waals surface area contributed by atoms with Gasteiger partial charge in [-0.3, -0.25) is 0 Å². The number of nitriles is 1. The predicted octanol–water partition coefficient (Wildman–Crippen LogP) is 1.42. The predicted molar refractivity (Wildman–Crippen MR) is 59.2 cm³/mol. The first-order chi connectivity index (χ1) is 7.30. The number of hydrogen-bond donors (Lipinski definition) is 2. The second-order valence-corrected chi connectivity index (χ2v) is 3.48. The summed E-state index contributed by atoms with van der Waals surface area (Å²) in [7, 11) is 0. The largest absolute Gasteiger partial charge is 0.395 e. The van der Waals surface area contributed by atoms with Crippen LogP contribution >= 0.6 is 0 Å². The van der Waals surface area contributed by atoms with Gasteiger partial charge in [0, 0.05) is 12.6 Å². The molecule has 0 saturated heterocycles. The van der Waals surface area contributed by atoms with Crippen LogP contribution in [0.5, 0.6) is 0 Å². The summed E-state index contributed by atoms with van der Waals surface area (Å²) in [6, 6.07) is 9.72. The lowest BCUT2D eigenvalue weighted by atomic mass is 10.1. The molecule has 3 heteroatoms. The van der Waals surface area contributed by atoms with E-state index in [9.17, 15) is 0 Å². The molecule has 0 fully saturated rings. The van der Waals surface area contributed by atoms with E-state index in [4.69, 9.17) is 10.4 Å². The van der Waals surface area contributed by atoms with Crippen molar-refractivity contribution in [2.45, 2.75) is 25.9 Å². The van der Waals surface area contributed by atoms with E-state index in [1.54, 1.807) is 6.07 Å². The molecule has 1 atom stereocenters. The van der Waals surface area contributed by atoms with Crippen molar-refractivity contribution in [1.29, 1.82) is 5.26 Å². The molecule has 0 saturated carbocycles. The second kappa shape index (κ2) is 6.18. The van der Waals surface area contributed by atoms with Crippen LogP contribution in [0.1, 0.15) is 24.5 Å². The molecule has 1 unspecified atom stereocenters. The smallest absolute Gasteiger partial charge is 0.0991 e. The maximum Gasteiger partial charge on any atom is 0.0991 e. The quantitative estimate of drug-likeness (QED) is 0.762. The van der Waals surface area contributed by atoms with Crippen LogP contribution in [0.4, 0.5) is 0 Å². The molecule has 1 aromatic rings. The van der Waals surface area contributed by atoms with E-state index in [0.29, 0.717) is 12.1 Å². The average Bonchev–Trinajstić information content (AvgIpc) is 2.31. The summed E-state index contributed by atoms with van der Waals surface area (Å²) in [5, 5.41) is 20.9. The Morgan fingerprint density at radius 1 is 1.53 bits per heavy atom. The van der Waals surface area contributed by atoms with Crippen molar-refractivity contribution in [3.8, 4) is 6.07 Å². The minimum Gasteiger partial charge on any atom is -0.395 e. The second-order valence-electron chi connectivity index (χ2n) is 3.48. The highest BCUT2D eigenvalue weighted by Crippen LogP contribution is 2.04. The van der Waals surface area contributed by atoms with Crippen molar-refractivity contribution in [2.75, 3.05) is 6.61 Å². The maximum absolute atomic E-state index is 8.99. The minimum atomic E-state index is 0.135. The molecule has 0 amide bonds. The third kappa shape index (κ3) is 3.70. The zero-order valence-corrected chi connectivity index (χ0v) is 8.90. The van der Waals surface area contributed by atoms with Crippen molar-refractivity contribution in [3.63, 3.8) is 0 Å². The van der Waals surface area contributed by atoms with Crippen molar-refractivity contribution in [1.82, 2.24) is 5.32 Å². The number of hydrogen-bond acceptors (Lipinski definition) is 3. The topological polar surface area (TPSA) is 56.0 Å². The molecule has 15 heavy (non-hydrogen) atoms. The Hall–Kier alpha value is -1.37. The molecule has 80 valence electrons. The molecule has 0 aromatic heterocycles. The van der Waals surface area contributed by atoms with E-state index in [2.05, 4.69) is 11.4 Å². The summed E-state index contributed by atoms with van der Waals surface area (Å²) in [5.41, 5.74) is 1.74. The number of aliphatic hydroxyl groups is 1. The van der Waals surface area contributed by atoms with E-state index in [0.717, 1.165) is 12.0 Å². The standard InChI is InChI=1S/C12H16N2O/c1-2-12(9-15)14-8-11-5-3-4-10(6-11)7-13/h3-6,12,14-15H,2,8-9H2,1H3. The zero-order chi connectivity index (χ0) is 11.1. The summed E-state index contributed by atoms with van der Waals surface area (Å²) in [6.45, 7) is 2.86. The third-order valence-corrected chi connectivity index (χ3v) is 2.36. The van der Waals surface area contributed by atoms with Crippen molar-refractivity contribution in [3.05, 3.63) is 35.4 Å². The number of rotatable bonds is 5. The fraction of sp³-hybridized carbons (Fsp3) is 0.417. The average molecular weight is 204 g/mol. The summed E-state index contributed by atoms with van der Waals surface area (Å²) in [6.07, 6.45) is 0.897. The third-order valence-electron chi connectivity index (χ3n) is 2.36. The van der Waals surface area contributed by atoms with Gasteiger partial charge in [-0.25, -0.2) is 0 Å². The number of benzene rings is 1. The van der Waals surface area contributed by atoms with Crippen LogP contribution in [0, 0.1) is 11.3 Å². The van der Waals surface area contributed by atoms with Crippen molar-refractivity contribution >= 4 is 0 Å². The molecule has 2 N–H and O–H groups in total. The molecular weight excluding hydrogens is 188 g/mol. The van der Waals surface area contributed by atoms with Crippen LogP contribution in [0.2, 0.25) is 0 Å².